The zero-order valence-corrected chi connectivity index (χ0v) is 12.2. The highest BCUT2D eigenvalue weighted by atomic mass is 35.5. The van der Waals surface area contributed by atoms with Crippen LogP contribution in [0.15, 0.2) is 0 Å². The lowest BCUT2D eigenvalue weighted by molar-refractivity contribution is 0.316. The van der Waals surface area contributed by atoms with Crippen molar-refractivity contribution in [2.75, 3.05) is 0 Å². The number of halogens is 1. The SMILES string of the molecule is Cc1nn(C)c(Cl)c1CC(N)CC1CCCCC1. The second kappa shape index (κ2) is 6.07. The Labute approximate surface area is 115 Å². The molecular weight excluding hydrogens is 246 g/mol. The van der Waals surface area contributed by atoms with E-state index in [1.807, 2.05) is 14.0 Å². The molecule has 3 nitrogen and oxygen atoms in total. The molecule has 1 aliphatic carbocycles. The maximum atomic E-state index is 6.29. The van der Waals surface area contributed by atoms with Gasteiger partial charge in [0.25, 0.3) is 0 Å². The summed E-state index contributed by atoms with van der Waals surface area (Å²) in [5.41, 5.74) is 8.43. The van der Waals surface area contributed by atoms with Crippen LogP contribution in [0.4, 0.5) is 0 Å². The Balaban J connectivity index is 1.91. The van der Waals surface area contributed by atoms with Crippen LogP contribution in [0.5, 0.6) is 0 Å². The van der Waals surface area contributed by atoms with Gasteiger partial charge in [-0.3, -0.25) is 4.68 Å². The summed E-state index contributed by atoms with van der Waals surface area (Å²) in [7, 11) is 1.88. The van der Waals surface area contributed by atoms with Crippen LogP contribution in [0.25, 0.3) is 0 Å². The van der Waals surface area contributed by atoms with Crippen molar-refractivity contribution in [2.24, 2.45) is 18.7 Å². The minimum absolute atomic E-state index is 0.216. The van der Waals surface area contributed by atoms with Gasteiger partial charge in [-0.2, -0.15) is 5.10 Å². The minimum atomic E-state index is 0.216. The Kier molecular flexibility index (Phi) is 4.68. The van der Waals surface area contributed by atoms with Gasteiger partial charge in [0.2, 0.25) is 0 Å². The maximum absolute atomic E-state index is 6.29. The van der Waals surface area contributed by atoms with E-state index in [2.05, 4.69) is 5.10 Å². The van der Waals surface area contributed by atoms with Gasteiger partial charge < -0.3 is 5.73 Å². The van der Waals surface area contributed by atoms with Gasteiger partial charge in [0.15, 0.2) is 0 Å². The monoisotopic (exact) mass is 269 g/mol. The third-order valence-corrected chi connectivity index (χ3v) is 4.57. The van der Waals surface area contributed by atoms with Crippen LogP contribution < -0.4 is 5.73 Å². The van der Waals surface area contributed by atoms with Crippen LogP contribution in [0, 0.1) is 12.8 Å². The first kappa shape index (κ1) is 13.9. The Hall–Kier alpha value is -0.540. The van der Waals surface area contributed by atoms with E-state index in [4.69, 9.17) is 17.3 Å². The summed E-state index contributed by atoms with van der Waals surface area (Å²) in [5.74, 6) is 0.824. The predicted molar refractivity (Wildman–Crippen MR) is 75.8 cm³/mol. The zero-order chi connectivity index (χ0) is 13.1. The van der Waals surface area contributed by atoms with Gasteiger partial charge in [0, 0.05) is 18.7 Å². The largest absolute Gasteiger partial charge is 0.327 e. The molecule has 1 atom stereocenters. The lowest BCUT2D eigenvalue weighted by Crippen LogP contribution is -2.27. The lowest BCUT2D eigenvalue weighted by Gasteiger charge is -2.24. The van der Waals surface area contributed by atoms with Gasteiger partial charge in [-0.05, 0) is 25.7 Å². The van der Waals surface area contributed by atoms with Crippen LogP contribution in [-0.4, -0.2) is 15.8 Å². The topological polar surface area (TPSA) is 43.8 Å². The number of nitrogens with zero attached hydrogens (tertiary/aromatic N) is 2. The Morgan fingerprint density at radius 2 is 2.06 bits per heavy atom. The van der Waals surface area contributed by atoms with E-state index in [0.717, 1.165) is 35.2 Å². The first-order valence-corrected chi connectivity index (χ1v) is 7.39. The molecule has 1 aromatic rings. The molecule has 0 radical (unpaired) electrons. The van der Waals surface area contributed by atoms with E-state index in [9.17, 15) is 0 Å². The number of rotatable bonds is 4. The van der Waals surface area contributed by atoms with Gasteiger partial charge in [-0.15, -0.1) is 0 Å². The highest BCUT2D eigenvalue weighted by Crippen LogP contribution is 2.28. The highest BCUT2D eigenvalue weighted by molar-refractivity contribution is 6.30. The number of aromatic nitrogens is 2. The first-order chi connectivity index (χ1) is 8.58. The number of hydrogen-bond donors (Lipinski definition) is 1. The molecule has 1 aromatic heterocycles. The molecule has 2 N–H and O–H groups in total. The average molecular weight is 270 g/mol. The fraction of sp³-hybridized carbons (Fsp3) is 0.786. The fourth-order valence-corrected chi connectivity index (χ4v) is 3.35. The molecule has 1 unspecified atom stereocenters. The molecule has 0 aliphatic heterocycles. The molecule has 0 bridgehead atoms. The summed E-state index contributed by atoms with van der Waals surface area (Å²) < 4.78 is 1.74. The smallest absolute Gasteiger partial charge is 0.130 e. The van der Waals surface area contributed by atoms with E-state index in [0.29, 0.717) is 0 Å². The van der Waals surface area contributed by atoms with Crippen LogP contribution in [0.2, 0.25) is 5.15 Å². The summed E-state index contributed by atoms with van der Waals surface area (Å²) in [6.07, 6.45) is 8.86. The summed E-state index contributed by atoms with van der Waals surface area (Å²) in [6.45, 7) is 2.01. The van der Waals surface area contributed by atoms with Gasteiger partial charge >= 0.3 is 0 Å². The molecule has 1 aliphatic rings. The standard InChI is InChI=1S/C14H24ClN3/c1-10-13(14(15)18(2)17-10)9-12(16)8-11-6-4-3-5-7-11/h11-12H,3-9,16H2,1-2H3. The van der Waals surface area contributed by atoms with Gasteiger partial charge in [0.1, 0.15) is 5.15 Å². The van der Waals surface area contributed by atoms with E-state index < -0.39 is 0 Å². The van der Waals surface area contributed by atoms with E-state index >= 15 is 0 Å². The van der Waals surface area contributed by atoms with Crippen molar-refractivity contribution >= 4 is 11.6 Å². The van der Waals surface area contributed by atoms with Crippen molar-refractivity contribution in [3.8, 4) is 0 Å². The summed E-state index contributed by atoms with van der Waals surface area (Å²) in [5, 5.41) is 5.08. The van der Waals surface area contributed by atoms with Crippen molar-refractivity contribution in [1.29, 1.82) is 0 Å². The number of aryl methyl sites for hydroxylation is 2. The highest BCUT2D eigenvalue weighted by Gasteiger charge is 2.19. The quantitative estimate of drug-likeness (QED) is 0.912. The second-order valence-corrected chi connectivity index (χ2v) is 6.04. The van der Waals surface area contributed by atoms with Crippen LogP contribution in [0.3, 0.4) is 0 Å². The van der Waals surface area contributed by atoms with Crippen molar-refractivity contribution in [1.82, 2.24) is 9.78 Å². The molecule has 18 heavy (non-hydrogen) atoms. The second-order valence-electron chi connectivity index (χ2n) is 5.68. The summed E-state index contributed by atoms with van der Waals surface area (Å²) in [6, 6.07) is 0.216. The van der Waals surface area contributed by atoms with Crippen LogP contribution in [0.1, 0.15) is 49.8 Å². The van der Waals surface area contributed by atoms with Crippen LogP contribution in [-0.2, 0) is 13.5 Å². The van der Waals surface area contributed by atoms with E-state index in [-0.39, 0.29) is 6.04 Å². The molecule has 0 aromatic carbocycles. The van der Waals surface area contributed by atoms with E-state index in [1.54, 1.807) is 4.68 Å². The summed E-state index contributed by atoms with van der Waals surface area (Å²) >= 11 is 6.25. The molecule has 102 valence electrons. The normalized spacial score (nSPS) is 19.1. The third kappa shape index (κ3) is 3.27. The predicted octanol–water partition coefficient (Wildman–Crippen LogP) is 3.22. The molecular formula is C14H24ClN3. The Bertz CT molecular complexity index is 394. The molecule has 1 fully saturated rings. The number of nitrogens with two attached hydrogens (primary N) is 1. The van der Waals surface area contributed by atoms with Crippen molar-refractivity contribution in [3.63, 3.8) is 0 Å². The third-order valence-electron chi connectivity index (χ3n) is 4.10. The number of hydrogen-bond acceptors (Lipinski definition) is 2. The summed E-state index contributed by atoms with van der Waals surface area (Å²) in [4.78, 5) is 0. The average Bonchev–Trinajstić information content (AvgIpc) is 2.57. The van der Waals surface area contributed by atoms with Crippen molar-refractivity contribution < 1.29 is 0 Å². The van der Waals surface area contributed by atoms with Crippen molar-refractivity contribution in [2.45, 2.75) is 57.9 Å². The van der Waals surface area contributed by atoms with Gasteiger partial charge in [-0.1, -0.05) is 43.7 Å². The molecule has 0 spiro atoms. The van der Waals surface area contributed by atoms with E-state index in [1.165, 1.54) is 32.1 Å². The first-order valence-electron chi connectivity index (χ1n) is 7.01. The molecule has 1 saturated carbocycles. The van der Waals surface area contributed by atoms with Crippen LogP contribution >= 0.6 is 11.6 Å². The Morgan fingerprint density at radius 1 is 1.39 bits per heavy atom. The van der Waals surface area contributed by atoms with Gasteiger partial charge in [0.05, 0.1) is 5.69 Å². The molecule has 2 rings (SSSR count). The molecule has 0 saturated heterocycles. The van der Waals surface area contributed by atoms with Crippen molar-refractivity contribution in [3.05, 3.63) is 16.4 Å². The Morgan fingerprint density at radius 3 is 2.61 bits per heavy atom. The van der Waals surface area contributed by atoms with Gasteiger partial charge in [-0.25, -0.2) is 0 Å². The minimum Gasteiger partial charge on any atom is -0.327 e. The molecule has 1 heterocycles. The maximum Gasteiger partial charge on any atom is 0.130 e. The fourth-order valence-electron chi connectivity index (χ4n) is 3.10. The molecule has 4 heteroatoms. The lowest BCUT2D eigenvalue weighted by atomic mass is 9.84. The zero-order valence-electron chi connectivity index (χ0n) is 11.5. The molecule has 0 amide bonds.